The van der Waals surface area contributed by atoms with Crippen LogP contribution in [0, 0.1) is 0 Å². The van der Waals surface area contributed by atoms with Gasteiger partial charge in [0.05, 0.1) is 11.2 Å². The van der Waals surface area contributed by atoms with E-state index in [1.165, 1.54) is 6.26 Å². The summed E-state index contributed by atoms with van der Waals surface area (Å²) in [6.07, 6.45) is 4.80. The zero-order chi connectivity index (χ0) is 14.4. The summed E-state index contributed by atoms with van der Waals surface area (Å²) in [4.78, 5) is 12.5. The monoisotopic (exact) mass is 273 g/mol. The smallest absolute Gasteiger partial charge is 0.443 e. The molecule has 0 saturated carbocycles. The van der Waals surface area contributed by atoms with Crippen LogP contribution in [0.25, 0.3) is 11.7 Å². The van der Waals surface area contributed by atoms with E-state index in [9.17, 15) is 0 Å². The van der Waals surface area contributed by atoms with Gasteiger partial charge in [-0.3, -0.25) is 0 Å². The fourth-order valence-electron chi connectivity index (χ4n) is 1.87. The van der Waals surface area contributed by atoms with E-state index in [0.717, 1.165) is 0 Å². The average molecular weight is 273 g/mol. The molecule has 20 heavy (non-hydrogen) atoms. The molecule has 0 amide bonds. The third-order valence-electron chi connectivity index (χ3n) is 3.77. The Hall–Kier alpha value is -1.73. The number of rotatable bonds is 2. The number of aromatic nitrogens is 3. The topological polar surface area (TPSA) is 70.3 Å². The molecule has 2 aromatic rings. The molecule has 3 heterocycles. The highest BCUT2D eigenvalue weighted by atomic mass is 16.7. The van der Waals surface area contributed by atoms with E-state index in [1.54, 1.807) is 18.5 Å². The molecule has 1 aliphatic heterocycles. The van der Waals surface area contributed by atoms with Gasteiger partial charge in [-0.2, -0.15) is 0 Å². The van der Waals surface area contributed by atoms with Gasteiger partial charge in [-0.25, -0.2) is 15.0 Å². The summed E-state index contributed by atoms with van der Waals surface area (Å²) in [6.45, 7) is 7.98. The van der Waals surface area contributed by atoms with Crippen molar-refractivity contribution in [1.29, 1.82) is 0 Å². The molecule has 3 rings (SSSR count). The second kappa shape index (κ2) is 4.39. The van der Waals surface area contributed by atoms with Gasteiger partial charge < -0.3 is 13.7 Å². The molecule has 2 aromatic heterocycles. The molecule has 0 radical (unpaired) electrons. The Morgan fingerprint density at radius 2 is 1.60 bits per heavy atom. The Morgan fingerprint density at radius 1 is 1.00 bits per heavy atom. The van der Waals surface area contributed by atoms with Gasteiger partial charge in [0.2, 0.25) is 5.82 Å². The van der Waals surface area contributed by atoms with E-state index in [0.29, 0.717) is 17.3 Å². The Kier molecular flexibility index (Phi) is 2.91. The lowest BCUT2D eigenvalue weighted by Gasteiger charge is -2.32. The molecule has 1 fully saturated rings. The second-order valence-electron chi connectivity index (χ2n) is 5.74. The van der Waals surface area contributed by atoms with Crippen molar-refractivity contribution < 1.29 is 13.7 Å². The van der Waals surface area contributed by atoms with Crippen molar-refractivity contribution in [2.24, 2.45) is 0 Å². The van der Waals surface area contributed by atoms with Gasteiger partial charge in [0, 0.05) is 12.4 Å². The SMILES string of the molecule is CC1(C)OB(c2coc(-c3ncccn3)n2)OC1(C)C. The lowest BCUT2D eigenvalue weighted by molar-refractivity contribution is 0.00578. The number of nitrogens with zero attached hydrogens (tertiary/aromatic N) is 3. The Labute approximate surface area is 117 Å². The van der Waals surface area contributed by atoms with Crippen molar-refractivity contribution in [2.75, 3.05) is 0 Å². The van der Waals surface area contributed by atoms with Gasteiger partial charge in [-0.1, -0.05) is 0 Å². The van der Waals surface area contributed by atoms with Crippen LogP contribution in [0.4, 0.5) is 0 Å². The molecule has 7 heteroatoms. The van der Waals surface area contributed by atoms with Gasteiger partial charge in [0.25, 0.3) is 5.89 Å². The standard InChI is InChI=1S/C13H16BN3O3/c1-12(2)13(3,4)20-14(19-12)9-8-18-11(17-9)10-15-6-5-7-16-10/h5-8H,1-4H3. The predicted molar refractivity (Wildman–Crippen MR) is 73.2 cm³/mol. The fourth-order valence-corrected chi connectivity index (χ4v) is 1.87. The van der Waals surface area contributed by atoms with Crippen LogP contribution in [0.5, 0.6) is 0 Å². The first-order valence-electron chi connectivity index (χ1n) is 6.47. The van der Waals surface area contributed by atoms with E-state index in [2.05, 4.69) is 15.0 Å². The summed E-state index contributed by atoms with van der Waals surface area (Å²) in [5, 5.41) is 0. The molecule has 0 atom stereocenters. The molecule has 104 valence electrons. The lowest BCUT2D eigenvalue weighted by atomic mass is 9.86. The first kappa shape index (κ1) is 13.3. The maximum atomic E-state index is 5.91. The summed E-state index contributed by atoms with van der Waals surface area (Å²) in [7, 11) is -0.541. The Morgan fingerprint density at radius 3 is 2.20 bits per heavy atom. The maximum absolute atomic E-state index is 5.91. The number of hydrogen-bond acceptors (Lipinski definition) is 6. The minimum atomic E-state index is -0.541. The van der Waals surface area contributed by atoms with Gasteiger partial charge in [-0.15, -0.1) is 0 Å². The molecule has 0 aliphatic carbocycles. The first-order chi connectivity index (χ1) is 9.39. The van der Waals surface area contributed by atoms with Gasteiger partial charge in [0.1, 0.15) is 11.9 Å². The van der Waals surface area contributed by atoms with Gasteiger partial charge in [-0.05, 0) is 33.8 Å². The minimum absolute atomic E-state index is 0.357. The molecule has 6 nitrogen and oxygen atoms in total. The Balaban J connectivity index is 1.86. The molecule has 0 aromatic carbocycles. The van der Waals surface area contributed by atoms with Crippen molar-refractivity contribution in [3.8, 4) is 11.7 Å². The molecule has 1 aliphatic rings. The third kappa shape index (κ3) is 2.12. The molecular formula is C13H16BN3O3. The Bertz CT molecular complexity index is 596. The van der Waals surface area contributed by atoms with E-state index in [1.807, 2.05) is 27.7 Å². The van der Waals surface area contributed by atoms with Crippen LogP contribution in [0.15, 0.2) is 29.1 Å². The van der Waals surface area contributed by atoms with Crippen molar-refractivity contribution in [3.63, 3.8) is 0 Å². The molecule has 0 bridgehead atoms. The molecule has 0 unspecified atom stereocenters. The maximum Gasteiger partial charge on any atom is 0.517 e. The largest absolute Gasteiger partial charge is 0.517 e. The van der Waals surface area contributed by atoms with E-state index < -0.39 is 18.3 Å². The van der Waals surface area contributed by atoms with Crippen molar-refractivity contribution in [2.45, 2.75) is 38.9 Å². The summed E-state index contributed by atoms with van der Waals surface area (Å²) < 4.78 is 17.2. The van der Waals surface area contributed by atoms with Gasteiger partial charge >= 0.3 is 7.12 Å². The highest BCUT2D eigenvalue weighted by Crippen LogP contribution is 2.36. The zero-order valence-corrected chi connectivity index (χ0v) is 12.0. The molecule has 1 saturated heterocycles. The summed E-state index contributed by atoms with van der Waals surface area (Å²) >= 11 is 0. The summed E-state index contributed by atoms with van der Waals surface area (Å²) in [6, 6.07) is 1.74. The van der Waals surface area contributed by atoms with Crippen LogP contribution in [0.3, 0.4) is 0 Å². The number of oxazole rings is 1. The van der Waals surface area contributed by atoms with Crippen molar-refractivity contribution in [1.82, 2.24) is 15.0 Å². The first-order valence-corrected chi connectivity index (χ1v) is 6.47. The van der Waals surface area contributed by atoms with E-state index in [4.69, 9.17) is 13.7 Å². The van der Waals surface area contributed by atoms with Crippen LogP contribution < -0.4 is 5.59 Å². The van der Waals surface area contributed by atoms with Crippen LogP contribution in [0.1, 0.15) is 27.7 Å². The highest BCUT2D eigenvalue weighted by molar-refractivity contribution is 6.61. The second-order valence-corrected chi connectivity index (χ2v) is 5.74. The fraction of sp³-hybridized carbons (Fsp3) is 0.462. The third-order valence-corrected chi connectivity index (χ3v) is 3.77. The highest BCUT2D eigenvalue weighted by Gasteiger charge is 2.52. The van der Waals surface area contributed by atoms with Crippen LogP contribution in [0.2, 0.25) is 0 Å². The predicted octanol–water partition coefficient (Wildman–Crippen LogP) is 1.43. The molecule has 0 spiro atoms. The average Bonchev–Trinajstić information content (AvgIpc) is 2.94. The van der Waals surface area contributed by atoms with Gasteiger partial charge in [0.15, 0.2) is 0 Å². The van der Waals surface area contributed by atoms with Crippen LogP contribution >= 0.6 is 0 Å². The summed E-state index contributed by atoms with van der Waals surface area (Å²) in [5.74, 6) is 0.797. The minimum Gasteiger partial charge on any atom is -0.443 e. The quantitative estimate of drug-likeness (QED) is 0.771. The van der Waals surface area contributed by atoms with E-state index >= 15 is 0 Å². The molecule has 0 N–H and O–H groups in total. The van der Waals surface area contributed by atoms with Crippen molar-refractivity contribution in [3.05, 3.63) is 24.7 Å². The molecular weight excluding hydrogens is 257 g/mol. The van der Waals surface area contributed by atoms with Crippen LogP contribution in [-0.2, 0) is 9.31 Å². The zero-order valence-electron chi connectivity index (χ0n) is 12.0. The lowest BCUT2D eigenvalue weighted by Crippen LogP contribution is -2.41. The van der Waals surface area contributed by atoms with E-state index in [-0.39, 0.29) is 0 Å². The van der Waals surface area contributed by atoms with Crippen LogP contribution in [-0.4, -0.2) is 33.3 Å². The van der Waals surface area contributed by atoms with Crippen molar-refractivity contribution >= 4 is 12.7 Å². The number of hydrogen-bond donors (Lipinski definition) is 0. The normalized spacial score (nSPS) is 20.3. The summed E-state index contributed by atoms with van der Waals surface area (Å²) in [5.41, 5.74) is -0.217.